The van der Waals surface area contributed by atoms with Crippen molar-refractivity contribution in [3.05, 3.63) is 29.3 Å². The van der Waals surface area contributed by atoms with Crippen molar-refractivity contribution in [3.63, 3.8) is 0 Å². The van der Waals surface area contributed by atoms with Gasteiger partial charge in [-0.05, 0) is 38.0 Å². The number of ether oxygens (including phenoxy) is 1. The second kappa shape index (κ2) is 9.13. The zero-order chi connectivity index (χ0) is 15.2. The summed E-state index contributed by atoms with van der Waals surface area (Å²) >= 11 is 5.87. The molecule has 1 unspecified atom stereocenters. The van der Waals surface area contributed by atoms with Crippen molar-refractivity contribution in [1.29, 1.82) is 0 Å². The average Bonchev–Trinajstić information content (AvgIpc) is 2.44. The molecule has 0 radical (unpaired) electrons. The fourth-order valence-electron chi connectivity index (χ4n) is 1.70. The van der Waals surface area contributed by atoms with Crippen molar-refractivity contribution in [2.24, 2.45) is 5.73 Å². The van der Waals surface area contributed by atoms with E-state index in [1.54, 1.807) is 31.2 Å². The van der Waals surface area contributed by atoms with E-state index >= 15 is 0 Å². The van der Waals surface area contributed by atoms with Gasteiger partial charge in [-0.1, -0.05) is 31.5 Å². The van der Waals surface area contributed by atoms with E-state index in [4.69, 9.17) is 22.1 Å². The Bertz CT molecular complexity index is 451. The van der Waals surface area contributed by atoms with Crippen LogP contribution in [0, 0.1) is 0 Å². The molecule has 21 heavy (non-hydrogen) atoms. The van der Waals surface area contributed by atoms with Crippen molar-refractivity contribution >= 4 is 29.9 Å². The van der Waals surface area contributed by atoms with Crippen molar-refractivity contribution in [2.45, 2.75) is 45.3 Å². The molecule has 6 heteroatoms. The predicted molar refractivity (Wildman–Crippen MR) is 89.3 cm³/mol. The maximum atomic E-state index is 12.0. The van der Waals surface area contributed by atoms with E-state index in [9.17, 15) is 4.79 Å². The highest BCUT2D eigenvalue weighted by atomic mass is 35.5. The van der Waals surface area contributed by atoms with Gasteiger partial charge in [0.2, 0.25) is 0 Å². The second-order valence-electron chi connectivity index (χ2n) is 5.00. The smallest absolute Gasteiger partial charge is 0.260 e. The van der Waals surface area contributed by atoms with Crippen molar-refractivity contribution in [3.8, 4) is 5.75 Å². The molecule has 1 atom stereocenters. The van der Waals surface area contributed by atoms with Gasteiger partial charge in [0.15, 0.2) is 6.10 Å². The molecule has 0 aromatic heterocycles. The molecule has 4 nitrogen and oxygen atoms in total. The van der Waals surface area contributed by atoms with Gasteiger partial charge in [0.1, 0.15) is 5.75 Å². The summed E-state index contributed by atoms with van der Waals surface area (Å²) in [6.07, 6.45) is 1.03. The number of nitrogens with two attached hydrogens (primary N) is 1. The fraction of sp³-hybridized carbons (Fsp3) is 0.533. The third-order valence-corrected chi connectivity index (χ3v) is 3.74. The topological polar surface area (TPSA) is 64.3 Å². The molecular weight excluding hydrogens is 311 g/mol. The lowest BCUT2D eigenvalue weighted by atomic mass is 9.94. The molecule has 1 aromatic carbocycles. The van der Waals surface area contributed by atoms with E-state index in [0.717, 1.165) is 12.8 Å². The lowest BCUT2D eigenvalue weighted by Gasteiger charge is -2.27. The van der Waals surface area contributed by atoms with E-state index in [0.29, 0.717) is 17.3 Å². The first-order chi connectivity index (χ1) is 9.40. The summed E-state index contributed by atoms with van der Waals surface area (Å²) in [4.78, 5) is 12.0. The van der Waals surface area contributed by atoms with Gasteiger partial charge in [-0.3, -0.25) is 4.79 Å². The van der Waals surface area contributed by atoms with Crippen molar-refractivity contribution in [2.75, 3.05) is 6.54 Å². The van der Waals surface area contributed by atoms with E-state index < -0.39 is 6.10 Å². The number of carbonyl (C=O) groups excluding carboxylic acids is 1. The van der Waals surface area contributed by atoms with Crippen LogP contribution in [0.2, 0.25) is 5.02 Å². The molecule has 3 N–H and O–H groups in total. The van der Waals surface area contributed by atoms with Crippen LogP contribution < -0.4 is 15.8 Å². The van der Waals surface area contributed by atoms with Crippen molar-refractivity contribution < 1.29 is 9.53 Å². The number of hydrogen-bond donors (Lipinski definition) is 2. The zero-order valence-corrected chi connectivity index (χ0v) is 14.3. The zero-order valence-electron chi connectivity index (χ0n) is 12.7. The first-order valence-electron chi connectivity index (χ1n) is 6.89. The summed E-state index contributed by atoms with van der Waals surface area (Å²) in [5.74, 6) is 0.395. The maximum Gasteiger partial charge on any atom is 0.260 e. The molecule has 1 amide bonds. The average molecular weight is 335 g/mol. The van der Waals surface area contributed by atoms with Gasteiger partial charge in [0, 0.05) is 17.1 Å². The van der Waals surface area contributed by atoms with Gasteiger partial charge in [0.25, 0.3) is 5.91 Å². The van der Waals surface area contributed by atoms with Gasteiger partial charge in [0.05, 0.1) is 0 Å². The molecular formula is C15H24Cl2N2O2. The molecule has 1 aromatic rings. The minimum Gasteiger partial charge on any atom is -0.481 e. The monoisotopic (exact) mass is 334 g/mol. The Hall–Kier alpha value is -0.970. The number of hydrogen-bond acceptors (Lipinski definition) is 3. The molecule has 0 aliphatic heterocycles. The van der Waals surface area contributed by atoms with Crippen LogP contribution in [0.5, 0.6) is 5.75 Å². The van der Waals surface area contributed by atoms with E-state index in [-0.39, 0.29) is 23.9 Å². The van der Waals surface area contributed by atoms with Gasteiger partial charge in [-0.2, -0.15) is 0 Å². The molecule has 0 aliphatic rings. The van der Waals surface area contributed by atoms with Crippen LogP contribution >= 0.6 is 24.0 Å². The third-order valence-electron chi connectivity index (χ3n) is 3.50. The highest BCUT2D eigenvalue weighted by molar-refractivity contribution is 6.30. The van der Waals surface area contributed by atoms with Crippen LogP contribution in [0.15, 0.2) is 24.3 Å². The molecule has 0 saturated heterocycles. The molecule has 0 saturated carbocycles. The number of benzene rings is 1. The van der Waals surface area contributed by atoms with Crippen molar-refractivity contribution in [1.82, 2.24) is 5.32 Å². The third kappa shape index (κ3) is 6.55. The van der Waals surface area contributed by atoms with E-state index in [2.05, 4.69) is 5.32 Å². The molecule has 0 bridgehead atoms. The number of halogens is 2. The summed E-state index contributed by atoms with van der Waals surface area (Å²) < 4.78 is 5.55. The van der Waals surface area contributed by atoms with Crippen LogP contribution in [0.1, 0.15) is 33.6 Å². The first-order valence-corrected chi connectivity index (χ1v) is 7.27. The van der Waals surface area contributed by atoms with Crippen LogP contribution in [-0.2, 0) is 4.79 Å². The van der Waals surface area contributed by atoms with Crippen LogP contribution in [-0.4, -0.2) is 24.1 Å². The second-order valence-corrected chi connectivity index (χ2v) is 5.44. The lowest BCUT2D eigenvalue weighted by Crippen LogP contribution is -2.51. The van der Waals surface area contributed by atoms with E-state index in [1.165, 1.54) is 0 Å². The Labute approximate surface area is 137 Å². The summed E-state index contributed by atoms with van der Waals surface area (Å²) in [7, 11) is 0. The molecule has 0 spiro atoms. The molecule has 0 fully saturated rings. The van der Waals surface area contributed by atoms with Crippen LogP contribution in [0.25, 0.3) is 0 Å². The van der Waals surface area contributed by atoms with E-state index in [1.807, 2.05) is 13.8 Å². The first kappa shape index (κ1) is 20.0. The maximum absolute atomic E-state index is 12.0. The van der Waals surface area contributed by atoms with Gasteiger partial charge in [-0.15, -0.1) is 12.4 Å². The Morgan fingerprint density at radius 2 is 2.05 bits per heavy atom. The SMILES string of the molecule is CCC(N)(CC)CNC(=O)C(C)Oc1cccc(Cl)c1.Cl. The Morgan fingerprint density at radius 1 is 1.43 bits per heavy atom. The highest BCUT2D eigenvalue weighted by Gasteiger charge is 2.23. The lowest BCUT2D eigenvalue weighted by molar-refractivity contribution is -0.127. The summed E-state index contributed by atoms with van der Waals surface area (Å²) in [6, 6.07) is 6.98. The Kier molecular flexibility index (Phi) is 8.71. The number of nitrogens with one attached hydrogen (secondary N) is 1. The minimum atomic E-state index is -0.591. The number of rotatable bonds is 7. The highest BCUT2D eigenvalue weighted by Crippen LogP contribution is 2.18. The molecule has 0 aliphatic carbocycles. The number of carbonyl (C=O) groups is 1. The minimum absolute atomic E-state index is 0. The Morgan fingerprint density at radius 3 is 2.57 bits per heavy atom. The number of amides is 1. The summed E-state index contributed by atoms with van der Waals surface area (Å²) in [5, 5.41) is 3.41. The summed E-state index contributed by atoms with van der Waals surface area (Å²) in [5.41, 5.74) is 5.79. The van der Waals surface area contributed by atoms with Gasteiger partial charge in [-0.25, -0.2) is 0 Å². The predicted octanol–water partition coefficient (Wildman–Crippen LogP) is 3.16. The standard InChI is InChI=1S/C15H23ClN2O2.ClH/c1-4-15(17,5-2)10-18-14(19)11(3)20-13-8-6-7-12(16)9-13;/h6-9,11H,4-5,10,17H2,1-3H3,(H,18,19);1H. The molecule has 1 rings (SSSR count). The largest absolute Gasteiger partial charge is 0.481 e. The van der Waals surface area contributed by atoms with Crippen LogP contribution in [0.3, 0.4) is 0 Å². The Balaban J connectivity index is 0.00000400. The fourth-order valence-corrected chi connectivity index (χ4v) is 1.89. The summed E-state index contributed by atoms with van der Waals surface area (Å²) in [6.45, 7) is 6.18. The normalized spacial score (nSPS) is 12.2. The van der Waals surface area contributed by atoms with Crippen LogP contribution in [0.4, 0.5) is 0 Å². The molecule has 120 valence electrons. The van der Waals surface area contributed by atoms with Gasteiger partial charge >= 0.3 is 0 Å². The van der Waals surface area contributed by atoms with Gasteiger partial charge < -0.3 is 15.8 Å². The quantitative estimate of drug-likeness (QED) is 0.804. The molecule has 0 heterocycles.